The molecule has 0 aliphatic carbocycles. The number of nitrogens with zero attached hydrogens (tertiary/aromatic N) is 2. The van der Waals surface area contributed by atoms with Crippen molar-refractivity contribution in [2.24, 2.45) is 0 Å². The van der Waals surface area contributed by atoms with Gasteiger partial charge < -0.3 is 0 Å². The number of aryl methyl sites for hydroxylation is 1. The molecule has 0 aliphatic heterocycles. The molecular formula is C20H16N2. The minimum atomic E-state index is 0.946. The number of rotatable bonds is 2. The average Bonchev–Trinajstić information content (AvgIpc) is 2.95. The molecule has 0 unspecified atom stereocenters. The number of para-hydroxylation sites is 1. The number of pyridine rings is 1. The maximum absolute atomic E-state index is 4.55. The number of aromatic nitrogens is 2. The summed E-state index contributed by atoms with van der Waals surface area (Å²) in [7, 11) is 0. The van der Waals surface area contributed by atoms with Crippen LogP contribution in [0.15, 0.2) is 79.0 Å². The van der Waals surface area contributed by atoms with Gasteiger partial charge in [0.25, 0.3) is 0 Å². The van der Waals surface area contributed by atoms with E-state index in [1.54, 1.807) is 0 Å². The second-order valence-electron chi connectivity index (χ2n) is 5.43. The lowest BCUT2D eigenvalue weighted by atomic mass is 10.1. The molecule has 0 radical (unpaired) electrons. The van der Waals surface area contributed by atoms with Gasteiger partial charge in [-0.15, -0.1) is 0 Å². The van der Waals surface area contributed by atoms with Gasteiger partial charge in [0, 0.05) is 17.1 Å². The molecule has 0 spiro atoms. The molecule has 4 aromatic rings. The molecule has 0 saturated carbocycles. The second-order valence-corrected chi connectivity index (χ2v) is 5.43. The zero-order valence-corrected chi connectivity index (χ0v) is 12.4. The summed E-state index contributed by atoms with van der Waals surface area (Å²) in [6.07, 6.45) is 1.84. The summed E-state index contributed by atoms with van der Waals surface area (Å²) in [6, 6.07) is 25.2. The van der Waals surface area contributed by atoms with Gasteiger partial charge in [-0.3, -0.25) is 4.57 Å². The molecule has 0 saturated heterocycles. The van der Waals surface area contributed by atoms with E-state index in [1.807, 2.05) is 24.4 Å². The molecule has 106 valence electrons. The van der Waals surface area contributed by atoms with Crippen LogP contribution < -0.4 is 0 Å². The summed E-state index contributed by atoms with van der Waals surface area (Å²) in [4.78, 5) is 4.55. The van der Waals surface area contributed by atoms with E-state index in [-0.39, 0.29) is 0 Å². The first-order chi connectivity index (χ1) is 10.8. The fourth-order valence-electron chi connectivity index (χ4n) is 2.95. The summed E-state index contributed by atoms with van der Waals surface area (Å²) < 4.78 is 2.23. The Morgan fingerprint density at radius 1 is 0.818 bits per heavy atom. The van der Waals surface area contributed by atoms with Crippen LogP contribution in [-0.2, 0) is 0 Å². The minimum absolute atomic E-state index is 0.946. The molecule has 2 aromatic carbocycles. The van der Waals surface area contributed by atoms with E-state index in [2.05, 4.69) is 71.1 Å². The van der Waals surface area contributed by atoms with Gasteiger partial charge in [0.1, 0.15) is 5.82 Å². The third-order valence-electron chi connectivity index (χ3n) is 4.01. The molecule has 0 amide bonds. The van der Waals surface area contributed by atoms with Crippen molar-refractivity contribution in [3.8, 4) is 17.1 Å². The summed E-state index contributed by atoms with van der Waals surface area (Å²) in [5.74, 6) is 0.946. The van der Waals surface area contributed by atoms with Crippen molar-refractivity contribution in [3.05, 3.63) is 84.6 Å². The van der Waals surface area contributed by atoms with Crippen LogP contribution in [-0.4, -0.2) is 9.55 Å². The van der Waals surface area contributed by atoms with Crippen molar-refractivity contribution in [3.63, 3.8) is 0 Å². The van der Waals surface area contributed by atoms with Gasteiger partial charge >= 0.3 is 0 Å². The van der Waals surface area contributed by atoms with E-state index in [0.29, 0.717) is 0 Å². The van der Waals surface area contributed by atoms with Gasteiger partial charge in [0.15, 0.2) is 0 Å². The Balaban J connectivity index is 2.09. The molecule has 0 atom stereocenters. The predicted octanol–water partition coefficient (Wildman–Crippen LogP) is 5.00. The van der Waals surface area contributed by atoms with Gasteiger partial charge in [0.05, 0.1) is 11.2 Å². The van der Waals surface area contributed by atoms with Crippen molar-refractivity contribution < 1.29 is 0 Å². The van der Waals surface area contributed by atoms with Crippen molar-refractivity contribution >= 4 is 10.9 Å². The first kappa shape index (κ1) is 12.8. The Kier molecular flexibility index (Phi) is 3.01. The van der Waals surface area contributed by atoms with Gasteiger partial charge in [-0.25, -0.2) is 4.98 Å². The number of hydrogen-bond acceptors (Lipinski definition) is 1. The standard InChI is InChI=1S/C20H16N2/c1-15-8-2-4-10-17(15)19-14-16-9-3-5-11-18(16)22(19)20-12-6-7-13-21-20/h2-14H,1H3. The predicted molar refractivity (Wildman–Crippen MR) is 91.2 cm³/mol. The molecule has 2 heteroatoms. The van der Waals surface area contributed by atoms with E-state index < -0.39 is 0 Å². The first-order valence-electron chi connectivity index (χ1n) is 7.42. The first-order valence-corrected chi connectivity index (χ1v) is 7.42. The van der Waals surface area contributed by atoms with Crippen LogP contribution in [0.1, 0.15) is 5.56 Å². The van der Waals surface area contributed by atoms with Crippen LogP contribution in [0.5, 0.6) is 0 Å². The van der Waals surface area contributed by atoms with Gasteiger partial charge in [-0.05, 0) is 36.8 Å². The lowest BCUT2D eigenvalue weighted by molar-refractivity contribution is 1.05. The molecule has 22 heavy (non-hydrogen) atoms. The largest absolute Gasteiger partial charge is 0.294 e. The zero-order chi connectivity index (χ0) is 14.9. The molecule has 2 heterocycles. The maximum atomic E-state index is 4.55. The molecular weight excluding hydrogens is 268 g/mol. The van der Waals surface area contributed by atoms with E-state index in [0.717, 1.165) is 5.82 Å². The third-order valence-corrected chi connectivity index (χ3v) is 4.01. The highest BCUT2D eigenvalue weighted by atomic mass is 15.1. The van der Waals surface area contributed by atoms with E-state index in [1.165, 1.54) is 27.7 Å². The fourth-order valence-corrected chi connectivity index (χ4v) is 2.95. The number of benzene rings is 2. The Hall–Kier alpha value is -2.87. The average molecular weight is 284 g/mol. The molecule has 0 bridgehead atoms. The maximum Gasteiger partial charge on any atom is 0.137 e. The Bertz CT molecular complexity index is 936. The molecule has 0 aliphatic rings. The highest BCUT2D eigenvalue weighted by molar-refractivity contribution is 5.89. The molecule has 0 fully saturated rings. The van der Waals surface area contributed by atoms with Crippen molar-refractivity contribution in [1.29, 1.82) is 0 Å². The van der Waals surface area contributed by atoms with Crippen LogP contribution in [0.3, 0.4) is 0 Å². The van der Waals surface area contributed by atoms with Crippen LogP contribution in [0.4, 0.5) is 0 Å². The molecule has 2 nitrogen and oxygen atoms in total. The minimum Gasteiger partial charge on any atom is -0.294 e. The lowest BCUT2D eigenvalue weighted by Gasteiger charge is -2.11. The summed E-state index contributed by atoms with van der Waals surface area (Å²) >= 11 is 0. The highest BCUT2D eigenvalue weighted by Gasteiger charge is 2.13. The molecule has 0 N–H and O–H groups in total. The van der Waals surface area contributed by atoms with E-state index in [4.69, 9.17) is 0 Å². The number of fused-ring (bicyclic) bond motifs is 1. The van der Waals surface area contributed by atoms with Crippen molar-refractivity contribution in [2.45, 2.75) is 6.92 Å². The van der Waals surface area contributed by atoms with Gasteiger partial charge in [0.2, 0.25) is 0 Å². The quantitative estimate of drug-likeness (QED) is 0.506. The van der Waals surface area contributed by atoms with E-state index in [9.17, 15) is 0 Å². The van der Waals surface area contributed by atoms with Crippen LogP contribution >= 0.6 is 0 Å². The Labute approximate surface area is 129 Å². The normalized spacial score (nSPS) is 11.0. The smallest absolute Gasteiger partial charge is 0.137 e. The fraction of sp³-hybridized carbons (Fsp3) is 0.0500. The van der Waals surface area contributed by atoms with Crippen molar-refractivity contribution in [1.82, 2.24) is 9.55 Å². The van der Waals surface area contributed by atoms with E-state index >= 15 is 0 Å². The zero-order valence-electron chi connectivity index (χ0n) is 12.4. The molecule has 4 rings (SSSR count). The topological polar surface area (TPSA) is 17.8 Å². The monoisotopic (exact) mass is 284 g/mol. The van der Waals surface area contributed by atoms with Crippen LogP contribution in [0.2, 0.25) is 0 Å². The Morgan fingerprint density at radius 2 is 1.59 bits per heavy atom. The lowest BCUT2D eigenvalue weighted by Crippen LogP contribution is -1.99. The summed E-state index contributed by atoms with van der Waals surface area (Å²) in [5.41, 5.74) is 4.87. The summed E-state index contributed by atoms with van der Waals surface area (Å²) in [6.45, 7) is 2.15. The molecule has 2 aromatic heterocycles. The van der Waals surface area contributed by atoms with Crippen LogP contribution in [0, 0.1) is 6.92 Å². The van der Waals surface area contributed by atoms with Gasteiger partial charge in [-0.1, -0.05) is 48.5 Å². The number of hydrogen-bond donors (Lipinski definition) is 0. The van der Waals surface area contributed by atoms with Crippen molar-refractivity contribution in [2.75, 3.05) is 0 Å². The van der Waals surface area contributed by atoms with Crippen LogP contribution in [0.25, 0.3) is 28.0 Å². The SMILES string of the molecule is Cc1ccccc1-c1cc2ccccc2n1-c1ccccn1. The van der Waals surface area contributed by atoms with Gasteiger partial charge in [-0.2, -0.15) is 0 Å². The second kappa shape index (κ2) is 5.15. The summed E-state index contributed by atoms with van der Waals surface area (Å²) in [5, 5.41) is 1.23. The highest BCUT2D eigenvalue weighted by Crippen LogP contribution is 2.32. The Morgan fingerprint density at radius 3 is 2.41 bits per heavy atom. The third kappa shape index (κ3) is 2.01.